The third-order valence-electron chi connectivity index (χ3n) is 8.76. The number of nitrogens with one attached hydrogen (secondary N) is 2. The Morgan fingerprint density at radius 1 is 0.765 bits per heavy atom. The van der Waals surface area contributed by atoms with Crippen molar-refractivity contribution in [2.24, 2.45) is 0 Å². The first-order valence-corrected chi connectivity index (χ1v) is 17.6. The molecule has 0 unspecified atom stereocenters. The Hall–Kier alpha value is -5.48. The number of ether oxygens (including phenoxy) is 2. The van der Waals surface area contributed by atoms with Crippen LogP contribution in [0.2, 0.25) is 0 Å². The largest absolute Gasteiger partial charge is 0.444 e. The molecule has 2 aliphatic heterocycles. The van der Waals surface area contributed by atoms with E-state index in [4.69, 9.17) is 14.5 Å². The summed E-state index contributed by atoms with van der Waals surface area (Å²) in [7, 11) is 0. The maximum absolute atomic E-state index is 12.9. The molecule has 0 radical (unpaired) electrons. The second kappa shape index (κ2) is 14.4. The molecule has 4 aromatic rings. The average Bonchev–Trinajstić information content (AvgIpc) is 3.88. The molecule has 2 N–H and O–H groups in total. The highest BCUT2D eigenvalue weighted by Gasteiger charge is 2.36. The molecule has 0 spiro atoms. The van der Waals surface area contributed by atoms with Crippen LogP contribution in [0.4, 0.5) is 9.59 Å². The van der Waals surface area contributed by atoms with Gasteiger partial charge in [-0.15, -0.1) is 0 Å². The predicted octanol–water partition coefficient (Wildman–Crippen LogP) is 8.32. The molecule has 0 saturated carbocycles. The number of likely N-dealkylation sites (tertiary alicyclic amines) is 2. The standard InChI is InChI=1S/C41H46N6O4/c1-27-23-29(33-26-43-37(45-33)35-20-14-22-47(35)39(49)51-41(5,6)7)24-32(28-15-9-8-10-16-28)31(27)18-12-11-17-30-25-42-36(44-30)34-19-13-21-46(34)38(48)50-40(2,3)4/h8-10,15-16,23-26,34-35H,13-14,19-22H2,1-7H3,(H,42,44)(H,43,45)/t34-,35-/m0/s1. The fraction of sp³-hybridized carbons (Fsp3) is 0.415. The Balaban J connectivity index is 1.23. The van der Waals surface area contributed by atoms with Gasteiger partial charge < -0.3 is 19.4 Å². The van der Waals surface area contributed by atoms with Crippen LogP contribution in [0, 0.1) is 30.6 Å². The van der Waals surface area contributed by atoms with Crippen LogP contribution in [0.3, 0.4) is 0 Å². The first-order valence-electron chi connectivity index (χ1n) is 17.6. The van der Waals surface area contributed by atoms with Gasteiger partial charge in [-0.3, -0.25) is 9.80 Å². The summed E-state index contributed by atoms with van der Waals surface area (Å²) >= 11 is 0. The van der Waals surface area contributed by atoms with E-state index >= 15 is 0 Å². The summed E-state index contributed by atoms with van der Waals surface area (Å²) in [6, 6.07) is 14.0. The molecule has 2 amide bonds. The van der Waals surface area contributed by atoms with Gasteiger partial charge in [0, 0.05) is 24.2 Å². The topological polar surface area (TPSA) is 116 Å². The van der Waals surface area contributed by atoms with Gasteiger partial charge in [0.1, 0.15) is 28.5 Å². The zero-order valence-electron chi connectivity index (χ0n) is 30.5. The minimum absolute atomic E-state index is 0.167. The van der Waals surface area contributed by atoms with Gasteiger partial charge in [-0.05, 0) is 121 Å². The van der Waals surface area contributed by atoms with Crippen LogP contribution in [0.5, 0.6) is 0 Å². The fourth-order valence-electron chi connectivity index (χ4n) is 6.55. The van der Waals surface area contributed by atoms with E-state index in [9.17, 15) is 9.59 Å². The van der Waals surface area contributed by atoms with E-state index < -0.39 is 11.2 Å². The molecular formula is C41H46N6O4. The molecule has 2 aromatic heterocycles. The van der Waals surface area contributed by atoms with E-state index in [0.717, 1.165) is 65.0 Å². The monoisotopic (exact) mass is 686 g/mol. The van der Waals surface area contributed by atoms with E-state index in [2.05, 4.69) is 62.9 Å². The minimum Gasteiger partial charge on any atom is -0.444 e. The third-order valence-corrected chi connectivity index (χ3v) is 8.76. The quantitative estimate of drug-likeness (QED) is 0.209. The number of carbonyl (C=O) groups excluding carboxylic acids is 2. The lowest BCUT2D eigenvalue weighted by Gasteiger charge is -2.27. The number of nitrogens with zero attached hydrogens (tertiary/aromatic N) is 4. The van der Waals surface area contributed by atoms with Crippen molar-refractivity contribution >= 4 is 12.2 Å². The first-order chi connectivity index (χ1) is 24.3. The van der Waals surface area contributed by atoms with Crippen molar-refractivity contribution in [3.05, 3.63) is 83.3 Å². The smallest absolute Gasteiger partial charge is 0.410 e. The highest BCUT2D eigenvalue weighted by molar-refractivity contribution is 5.79. The molecule has 10 heteroatoms. The Morgan fingerprint density at radius 3 is 1.94 bits per heavy atom. The highest BCUT2D eigenvalue weighted by Crippen LogP contribution is 2.35. The van der Waals surface area contributed by atoms with Crippen LogP contribution >= 0.6 is 0 Å². The molecule has 0 bridgehead atoms. The number of carbonyl (C=O) groups is 2. The molecule has 2 aliphatic rings. The lowest BCUT2D eigenvalue weighted by molar-refractivity contribution is 0.0208. The summed E-state index contributed by atoms with van der Waals surface area (Å²) in [5.74, 6) is 13.9. The average molecular weight is 687 g/mol. The van der Waals surface area contributed by atoms with Gasteiger partial charge in [-0.1, -0.05) is 36.3 Å². The van der Waals surface area contributed by atoms with Crippen molar-refractivity contribution in [1.29, 1.82) is 0 Å². The number of rotatable bonds is 4. The number of imidazole rings is 2. The van der Waals surface area contributed by atoms with Crippen LogP contribution in [-0.2, 0) is 9.47 Å². The zero-order chi connectivity index (χ0) is 36.3. The highest BCUT2D eigenvalue weighted by atomic mass is 16.6. The number of H-pyrrole nitrogens is 2. The summed E-state index contributed by atoms with van der Waals surface area (Å²) in [5.41, 5.74) is 5.25. The number of amides is 2. The van der Waals surface area contributed by atoms with Gasteiger partial charge in [0.05, 0.1) is 30.2 Å². The van der Waals surface area contributed by atoms with E-state index in [1.807, 2.05) is 72.9 Å². The molecule has 2 fully saturated rings. The second-order valence-electron chi connectivity index (χ2n) is 15.1. The number of hydrogen-bond donors (Lipinski definition) is 2. The molecule has 2 atom stereocenters. The van der Waals surface area contributed by atoms with Gasteiger partial charge >= 0.3 is 12.2 Å². The van der Waals surface area contributed by atoms with Gasteiger partial charge in [-0.25, -0.2) is 19.6 Å². The van der Waals surface area contributed by atoms with Crippen molar-refractivity contribution in [3.63, 3.8) is 0 Å². The first kappa shape index (κ1) is 35.3. The summed E-state index contributed by atoms with van der Waals surface area (Å²) in [5, 5.41) is 0. The Morgan fingerprint density at radius 2 is 1.33 bits per heavy atom. The third kappa shape index (κ3) is 8.46. The maximum Gasteiger partial charge on any atom is 0.410 e. The number of hydrogen-bond acceptors (Lipinski definition) is 6. The molecule has 2 aromatic carbocycles. The molecule has 6 rings (SSSR count). The van der Waals surface area contributed by atoms with Crippen LogP contribution in [0.15, 0.2) is 54.9 Å². The number of aromatic amines is 2. The Kier molecular flexibility index (Phi) is 9.98. The SMILES string of the molecule is Cc1cc(-c2cnc([C@@H]3CCCN3C(=O)OC(C)(C)C)[nH]2)cc(-c2ccccc2)c1C#CC#Cc1cnc([C@@H]2CCCN2C(=O)OC(C)(C)C)[nH]1. The van der Waals surface area contributed by atoms with Crippen molar-refractivity contribution < 1.29 is 19.1 Å². The minimum atomic E-state index is -0.565. The normalized spacial score (nSPS) is 17.4. The van der Waals surface area contributed by atoms with Gasteiger partial charge in [0.2, 0.25) is 0 Å². The molecule has 4 heterocycles. The number of benzene rings is 2. The van der Waals surface area contributed by atoms with Gasteiger partial charge in [0.25, 0.3) is 0 Å². The lowest BCUT2D eigenvalue weighted by atomic mass is 9.93. The summed E-state index contributed by atoms with van der Waals surface area (Å²) in [6.07, 6.45) is 6.27. The number of aromatic nitrogens is 4. The predicted molar refractivity (Wildman–Crippen MR) is 196 cm³/mol. The Labute approximate surface area is 300 Å². The molecule has 264 valence electrons. The fourth-order valence-corrected chi connectivity index (χ4v) is 6.55. The van der Waals surface area contributed by atoms with Crippen molar-refractivity contribution in [2.45, 2.75) is 97.4 Å². The van der Waals surface area contributed by atoms with Crippen molar-refractivity contribution in [3.8, 4) is 46.1 Å². The zero-order valence-corrected chi connectivity index (χ0v) is 30.5. The van der Waals surface area contributed by atoms with Crippen LogP contribution in [0.25, 0.3) is 22.4 Å². The second-order valence-corrected chi connectivity index (χ2v) is 15.1. The summed E-state index contributed by atoms with van der Waals surface area (Å²) in [4.78, 5) is 45.2. The van der Waals surface area contributed by atoms with Crippen molar-refractivity contribution in [1.82, 2.24) is 29.7 Å². The molecule has 0 aliphatic carbocycles. The van der Waals surface area contributed by atoms with Crippen LogP contribution in [0.1, 0.15) is 108 Å². The van der Waals surface area contributed by atoms with Crippen LogP contribution < -0.4 is 0 Å². The molecule has 10 nitrogen and oxygen atoms in total. The van der Waals surface area contributed by atoms with Gasteiger partial charge in [-0.2, -0.15) is 0 Å². The van der Waals surface area contributed by atoms with E-state index in [1.54, 1.807) is 16.0 Å². The summed E-state index contributed by atoms with van der Waals surface area (Å²) < 4.78 is 11.3. The van der Waals surface area contributed by atoms with Crippen LogP contribution in [-0.4, -0.2) is 66.2 Å². The summed E-state index contributed by atoms with van der Waals surface area (Å²) in [6.45, 7) is 14.5. The van der Waals surface area contributed by atoms with E-state index in [1.165, 1.54) is 0 Å². The van der Waals surface area contributed by atoms with E-state index in [0.29, 0.717) is 24.6 Å². The molecule has 51 heavy (non-hydrogen) atoms. The molecular weight excluding hydrogens is 640 g/mol. The van der Waals surface area contributed by atoms with Gasteiger partial charge in [0.15, 0.2) is 0 Å². The van der Waals surface area contributed by atoms with Crippen molar-refractivity contribution in [2.75, 3.05) is 13.1 Å². The Bertz CT molecular complexity index is 2030. The van der Waals surface area contributed by atoms with E-state index in [-0.39, 0.29) is 24.3 Å². The molecule has 2 saturated heterocycles. The number of aryl methyl sites for hydroxylation is 1. The lowest BCUT2D eigenvalue weighted by Crippen LogP contribution is -2.36. The maximum atomic E-state index is 12.9.